The van der Waals surface area contributed by atoms with Gasteiger partial charge < -0.3 is 14.2 Å². The molecule has 1 fully saturated rings. The molecule has 192 valence electrons. The van der Waals surface area contributed by atoms with Crippen molar-refractivity contribution in [3.63, 3.8) is 0 Å². The van der Waals surface area contributed by atoms with E-state index in [4.69, 9.17) is 4.74 Å². The number of hydrogen-bond acceptors (Lipinski definition) is 5. The second-order valence-corrected chi connectivity index (χ2v) is 11.6. The van der Waals surface area contributed by atoms with Gasteiger partial charge in [0.1, 0.15) is 0 Å². The van der Waals surface area contributed by atoms with E-state index in [2.05, 4.69) is 4.98 Å². The van der Waals surface area contributed by atoms with Crippen molar-refractivity contribution in [2.75, 3.05) is 13.2 Å². The summed E-state index contributed by atoms with van der Waals surface area (Å²) in [5, 5.41) is 0.0447. The Balaban J connectivity index is 1.62. The summed E-state index contributed by atoms with van der Waals surface area (Å²) in [6, 6.07) is 17.0. The molecule has 1 saturated heterocycles. The van der Waals surface area contributed by atoms with E-state index in [0.29, 0.717) is 18.8 Å². The zero-order valence-corrected chi connectivity index (χ0v) is 22.1. The van der Waals surface area contributed by atoms with Crippen LogP contribution in [0.1, 0.15) is 55.1 Å². The highest BCUT2D eigenvalue weighted by atomic mass is 32.2. The zero-order valence-electron chi connectivity index (χ0n) is 21.3. The van der Waals surface area contributed by atoms with E-state index >= 15 is 0 Å². The molecular weight excluding hydrogens is 474 g/mol. The Labute approximate surface area is 214 Å². The van der Waals surface area contributed by atoms with Gasteiger partial charge in [0, 0.05) is 19.2 Å². The number of carbonyl (C=O) groups is 1. The van der Waals surface area contributed by atoms with Crippen molar-refractivity contribution in [3.05, 3.63) is 83.2 Å². The molecular formula is C28H35N3O4S. The molecule has 0 bridgehead atoms. The maximum Gasteiger partial charge on any atom is 0.228 e. The number of rotatable bonds is 10. The average Bonchev–Trinajstić information content (AvgIpc) is 3.51. The van der Waals surface area contributed by atoms with Gasteiger partial charge in [0.2, 0.25) is 20.9 Å². The third-order valence-electron chi connectivity index (χ3n) is 6.59. The summed E-state index contributed by atoms with van der Waals surface area (Å²) in [5.74, 6) is -0.132. The Morgan fingerprint density at radius 1 is 1.14 bits per heavy atom. The second-order valence-electron chi connectivity index (χ2n) is 9.75. The molecule has 0 spiro atoms. The fraction of sp³-hybridized carbons (Fsp3) is 0.429. The third-order valence-corrected chi connectivity index (χ3v) is 8.14. The first-order chi connectivity index (χ1) is 17.2. The third kappa shape index (κ3) is 6.23. The molecule has 1 aliphatic heterocycles. The lowest BCUT2D eigenvalue weighted by molar-refractivity contribution is -0.132. The number of carbonyl (C=O) groups excluding carboxylic acids is 1. The smallest absolute Gasteiger partial charge is 0.228 e. The van der Waals surface area contributed by atoms with E-state index < -0.39 is 9.84 Å². The van der Waals surface area contributed by atoms with E-state index in [-0.39, 0.29) is 41.9 Å². The minimum atomic E-state index is -3.69. The first-order valence-electron chi connectivity index (χ1n) is 12.5. The maximum atomic E-state index is 13.4. The summed E-state index contributed by atoms with van der Waals surface area (Å²) >= 11 is 0. The number of imidazole rings is 1. The lowest BCUT2D eigenvalue weighted by Gasteiger charge is -2.27. The topological polar surface area (TPSA) is 81.5 Å². The van der Waals surface area contributed by atoms with Gasteiger partial charge in [-0.15, -0.1) is 0 Å². The first kappa shape index (κ1) is 26.1. The van der Waals surface area contributed by atoms with Crippen LogP contribution in [0, 0.1) is 6.92 Å². The number of aromatic nitrogens is 2. The molecule has 0 aliphatic carbocycles. The SMILES string of the molecule is Cc1ccccc1CS(=O)(=O)c1ncc(CN(C[C@H]2CCCO2)C(=O)Cc2ccccc2)n1C(C)C. The Morgan fingerprint density at radius 2 is 1.86 bits per heavy atom. The van der Waals surface area contributed by atoms with E-state index in [1.54, 1.807) is 15.7 Å². The predicted molar refractivity (Wildman–Crippen MR) is 139 cm³/mol. The molecule has 4 rings (SSSR count). The van der Waals surface area contributed by atoms with Crippen LogP contribution in [0.2, 0.25) is 0 Å². The van der Waals surface area contributed by atoms with Crippen LogP contribution in [0.25, 0.3) is 0 Å². The average molecular weight is 510 g/mol. The molecule has 0 unspecified atom stereocenters. The van der Waals surface area contributed by atoms with E-state index in [1.807, 2.05) is 75.4 Å². The predicted octanol–water partition coefficient (Wildman–Crippen LogP) is 4.50. The number of sulfone groups is 1. The van der Waals surface area contributed by atoms with Crippen LogP contribution in [-0.4, -0.2) is 48.0 Å². The van der Waals surface area contributed by atoms with Crippen LogP contribution in [-0.2, 0) is 38.1 Å². The van der Waals surface area contributed by atoms with Gasteiger partial charge in [0.25, 0.3) is 0 Å². The van der Waals surface area contributed by atoms with Crippen LogP contribution in [0.15, 0.2) is 66.0 Å². The highest BCUT2D eigenvalue weighted by molar-refractivity contribution is 7.90. The molecule has 1 amide bonds. The van der Waals surface area contributed by atoms with Crippen LogP contribution in [0.3, 0.4) is 0 Å². The van der Waals surface area contributed by atoms with Crippen molar-refractivity contribution in [2.45, 2.75) is 69.6 Å². The molecule has 2 heterocycles. The molecule has 8 heteroatoms. The highest BCUT2D eigenvalue weighted by Gasteiger charge is 2.29. The van der Waals surface area contributed by atoms with Crippen molar-refractivity contribution < 1.29 is 17.9 Å². The summed E-state index contributed by atoms with van der Waals surface area (Å²) < 4.78 is 34.5. The first-order valence-corrected chi connectivity index (χ1v) is 14.2. The van der Waals surface area contributed by atoms with Gasteiger partial charge in [-0.1, -0.05) is 54.6 Å². The Kier molecular flexibility index (Phi) is 8.26. The lowest BCUT2D eigenvalue weighted by Crippen LogP contribution is -2.38. The van der Waals surface area contributed by atoms with Crippen molar-refractivity contribution in [3.8, 4) is 0 Å². The van der Waals surface area contributed by atoms with Gasteiger partial charge in [-0.3, -0.25) is 4.79 Å². The summed E-state index contributed by atoms with van der Waals surface area (Å²) in [4.78, 5) is 19.5. The summed E-state index contributed by atoms with van der Waals surface area (Å²) in [5.41, 5.74) is 3.33. The summed E-state index contributed by atoms with van der Waals surface area (Å²) in [6.45, 7) is 7.24. The number of benzene rings is 2. The van der Waals surface area contributed by atoms with Crippen molar-refractivity contribution in [1.29, 1.82) is 0 Å². The molecule has 1 aliphatic rings. The minimum absolute atomic E-state index is 0.00981. The number of ether oxygens (including phenoxy) is 1. The molecule has 0 N–H and O–H groups in total. The van der Waals surface area contributed by atoms with Gasteiger partial charge >= 0.3 is 0 Å². The summed E-state index contributed by atoms with van der Waals surface area (Å²) in [6.07, 6.45) is 3.76. The molecule has 36 heavy (non-hydrogen) atoms. The second kappa shape index (κ2) is 11.4. The van der Waals surface area contributed by atoms with Gasteiger partial charge in [0.15, 0.2) is 0 Å². The van der Waals surface area contributed by atoms with Crippen molar-refractivity contribution in [2.24, 2.45) is 0 Å². The zero-order chi connectivity index (χ0) is 25.7. The van der Waals surface area contributed by atoms with Gasteiger partial charge in [0.05, 0.1) is 36.7 Å². The molecule has 3 aromatic rings. The molecule has 1 atom stereocenters. The van der Waals surface area contributed by atoms with Gasteiger partial charge in [-0.25, -0.2) is 13.4 Å². The molecule has 0 radical (unpaired) electrons. The number of amides is 1. The van der Waals surface area contributed by atoms with E-state index in [0.717, 1.165) is 29.5 Å². The molecule has 0 saturated carbocycles. The maximum absolute atomic E-state index is 13.4. The van der Waals surface area contributed by atoms with E-state index in [1.165, 1.54) is 0 Å². The Hall–Kier alpha value is -2.97. The van der Waals surface area contributed by atoms with Crippen LogP contribution in [0.5, 0.6) is 0 Å². The Morgan fingerprint density at radius 3 is 2.53 bits per heavy atom. The number of hydrogen-bond donors (Lipinski definition) is 0. The van der Waals surface area contributed by atoms with Gasteiger partial charge in [-0.05, 0) is 50.3 Å². The fourth-order valence-electron chi connectivity index (χ4n) is 4.68. The molecule has 2 aromatic carbocycles. The highest BCUT2D eigenvalue weighted by Crippen LogP contribution is 2.24. The lowest BCUT2D eigenvalue weighted by atomic mass is 10.1. The van der Waals surface area contributed by atoms with Crippen LogP contribution < -0.4 is 0 Å². The van der Waals surface area contributed by atoms with Crippen molar-refractivity contribution in [1.82, 2.24) is 14.5 Å². The molecule has 7 nitrogen and oxygen atoms in total. The molecule has 1 aromatic heterocycles. The van der Waals surface area contributed by atoms with E-state index in [9.17, 15) is 13.2 Å². The standard InChI is InChI=1S/C28H35N3O4S/c1-21(2)31-25(17-29-28(31)36(33,34)20-24-13-8-7-10-22(24)3)18-30(19-26-14-9-15-35-26)27(32)16-23-11-5-4-6-12-23/h4-8,10-13,17,21,26H,9,14-16,18-20H2,1-3H3/t26-/m1/s1. The summed E-state index contributed by atoms with van der Waals surface area (Å²) in [7, 11) is -3.69. The quantitative estimate of drug-likeness (QED) is 0.402. The number of nitrogens with zero attached hydrogens (tertiary/aromatic N) is 3. The Bertz CT molecular complexity index is 1280. The monoisotopic (exact) mass is 509 g/mol. The fourth-order valence-corrected chi connectivity index (χ4v) is 6.39. The van der Waals surface area contributed by atoms with Crippen molar-refractivity contribution >= 4 is 15.7 Å². The van der Waals surface area contributed by atoms with Crippen LogP contribution in [0.4, 0.5) is 0 Å². The normalized spacial score (nSPS) is 15.9. The minimum Gasteiger partial charge on any atom is -0.376 e. The number of aryl methyl sites for hydroxylation is 1. The van der Waals surface area contributed by atoms with Gasteiger partial charge in [-0.2, -0.15) is 0 Å². The largest absolute Gasteiger partial charge is 0.376 e. The van der Waals surface area contributed by atoms with Crippen LogP contribution >= 0.6 is 0 Å².